The number of benzene rings is 1. The van der Waals surface area contributed by atoms with Crippen molar-refractivity contribution >= 4 is 33.3 Å². The van der Waals surface area contributed by atoms with Crippen molar-refractivity contribution in [3.05, 3.63) is 40.6 Å². The topological polar surface area (TPSA) is 72.5 Å². The van der Waals surface area contributed by atoms with Gasteiger partial charge in [-0.05, 0) is 44.3 Å². The van der Waals surface area contributed by atoms with Crippen molar-refractivity contribution in [2.24, 2.45) is 0 Å². The molecule has 5 nitrogen and oxygen atoms in total. The summed E-state index contributed by atoms with van der Waals surface area (Å²) < 4.78 is 85.2. The minimum Gasteiger partial charge on any atom is -0.463 e. The van der Waals surface area contributed by atoms with E-state index in [4.69, 9.17) is 23.2 Å². The number of halogens is 2. The van der Waals surface area contributed by atoms with Crippen LogP contribution < -0.4 is 4.72 Å². The van der Waals surface area contributed by atoms with Crippen molar-refractivity contribution in [3.8, 4) is 0 Å². The second-order valence-electron chi connectivity index (χ2n) is 4.53. The van der Waals surface area contributed by atoms with Crippen LogP contribution in [0.1, 0.15) is 33.0 Å². The Bertz CT molecular complexity index is 925. The highest BCUT2D eigenvalue weighted by molar-refractivity contribution is 7.93. The third-order valence-electron chi connectivity index (χ3n) is 2.92. The fourth-order valence-corrected chi connectivity index (χ4v) is 3.63. The maximum absolute atomic E-state index is 13.7. The summed E-state index contributed by atoms with van der Waals surface area (Å²) in [5.74, 6) is -2.39. The summed E-state index contributed by atoms with van der Waals surface area (Å²) in [6.07, 6.45) is -1.17. The summed E-state index contributed by atoms with van der Waals surface area (Å²) in [4.78, 5) is 12.2. The van der Waals surface area contributed by atoms with Crippen LogP contribution >= 0.6 is 11.6 Å². The predicted molar refractivity (Wildman–Crippen MR) is 86.3 cm³/mol. The van der Waals surface area contributed by atoms with Gasteiger partial charge in [-0.15, -0.1) is 0 Å². The van der Waals surface area contributed by atoms with Crippen LogP contribution in [-0.2, 0) is 19.6 Å². The first-order chi connectivity index (χ1) is 12.8. The largest absolute Gasteiger partial charge is 0.463 e. The van der Waals surface area contributed by atoms with Crippen molar-refractivity contribution in [2.45, 2.75) is 31.4 Å². The molecule has 8 heteroatoms. The number of rotatable bonds is 5. The number of hydrogen-bond acceptors (Lipinski definition) is 4. The molecule has 126 valence electrons. The zero-order valence-corrected chi connectivity index (χ0v) is 13.6. The molecule has 0 heterocycles. The first kappa shape index (κ1) is 11.9. The van der Waals surface area contributed by atoms with Crippen molar-refractivity contribution in [1.82, 2.24) is 0 Å². The summed E-state index contributed by atoms with van der Waals surface area (Å²) in [7, 11) is -4.74. The van der Waals surface area contributed by atoms with Gasteiger partial charge in [0.25, 0.3) is 0 Å². The number of carbonyl (C=O) groups excluding carboxylic acids is 1. The van der Waals surface area contributed by atoms with Gasteiger partial charge in [-0.1, -0.05) is 17.7 Å². The van der Waals surface area contributed by atoms with Gasteiger partial charge in [-0.2, -0.15) is 0 Å². The summed E-state index contributed by atoms with van der Waals surface area (Å²) in [6.45, 7) is 1.46. The van der Waals surface area contributed by atoms with E-state index in [1.165, 1.54) is 13.0 Å². The van der Waals surface area contributed by atoms with E-state index in [-0.39, 0.29) is 19.4 Å². The molecule has 0 unspecified atom stereocenters. The zero-order valence-electron chi connectivity index (χ0n) is 17.1. The summed E-state index contributed by atoms with van der Waals surface area (Å²) >= 11 is 5.78. The van der Waals surface area contributed by atoms with Crippen LogP contribution in [0.5, 0.6) is 0 Å². The molecule has 1 N–H and O–H groups in total. The maximum atomic E-state index is 13.7. The van der Waals surface area contributed by atoms with E-state index in [0.29, 0.717) is 0 Å². The van der Waals surface area contributed by atoms with Gasteiger partial charge in [0.05, 0.1) is 27.0 Å². The van der Waals surface area contributed by atoms with Gasteiger partial charge in [0.2, 0.25) is 10.0 Å². The quantitative estimate of drug-likeness (QED) is 0.812. The van der Waals surface area contributed by atoms with Gasteiger partial charge in [-0.3, -0.25) is 4.72 Å². The van der Waals surface area contributed by atoms with Crippen molar-refractivity contribution in [2.75, 3.05) is 11.3 Å². The van der Waals surface area contributed by atoms with E-state index >= 15 is 0 Å². The van der Waals surface area contributed by atoms with Crippen molar-refractivity contribution < 1.29 is 29.2 Å². The van der Waals surface area contributed by atoms with Gasteiger partial charge in [-0.25, -0.2) is 17.6 Å². The van der Waals surface area contributed by atoms with E-state index in [9.17, 15) is 17.6 Å². The fourth-order valence-electron chi connectivity index (χ4n) is 1.97. The molecule has 2 rings (SSSR count). The van der Waals surface area contributed by atoms with Crippen LogP contribution in [0.4, 0.5) is 10.1 Å². The summed E-state index contributed by atoms with van der Waals surface area (Å²) in [6, 6.07) is -2.94. The van der Waals surface area contributed by atoms with E-state index in [0.717, 1.165) is 0 Å². The molecule has 23 heavy (non-hydrogen) atoms. The number of carbonyl (C=O) groups is 1. The average Bonchev–Trinajstić information content (AvgIpc) is 2.61. The molecule has 0 saturated carbocycles. The molecular weight excluding hydrogens is 345 g/mol. The molecule has 0 amide bonds. The van der Waals surface area contributed by atoms with Gasteiger partial charge >= 0.3 is 5.97 Å². The molecular formula is C15H17ClFNO4S. The van der Waals surface area contributed by atoms with Crippen LogP contribution in [-0.4, -0.2) is 26.2 Å². The number of sulfonamides is 1. The van der Waals surface area contributed by atoms with Crippen LogP contribution in [0.2, 0.25) is 5.02 Å². The fraction of sp³-hybridized carbons (Fsp3) is 0.400. The molecule has 1 aliphatic rings. The smallest absolute Gasteiger partial charge is 0.335 e. The highest BCUT2D eigenvalue weighted by atomic mass is 35.5. The monoisotopic (exact) mass is 366 g/mol. The first-order valence-corrected chi connectivity index (χ1v) is 8.61. The van der Waals surface area contributed by atoms with Gasteiger partial charge in [0, 0.05) is 2.74 Å². The van der Waals surface area contributed by atoms with Crippen molar-refractivity contribution in [1.29, 1.82) is 0 Å². The SMILES string of the molecule is [2H]c1c([2H])c(NS(=O)(=O)[C@H]2C(C(=O)OCC)=CCCC2([2H])[2H])c(Cl)c([2H])c1F. The Kier molecular flexibility index (Phi) is 3.77. The van der Waals surface area contributed by atoms with Gasteiger partial charge in [0.15, 0.2) is 0 Å². The molecule has 0 saturated heterocycles. The molecule has 0 spiro atoms. The maximum Gasteiger partial charge on any atom is 0.335 e. The number of hydrogen-bond donors (Lipinski definition) is 1. The standard InChI is InChI=1S/C15H17ClFNO4S/c1-2-22-15(19)11-5-3-4-6-14(11)23(20,21)18-13-8-7-10(17)9-12(13)16/h5,7-9,14,18H,2-4,6H2,1H3/t14-/m1/s1/i6D2,7D,8D,9D. The third-order valence-corrected chi connectivity index (χ3v) is 4.74. The Morgan fingerprint density at radius 1 is 1.61 bits per heavy atom. The second kappa shape index (κ2) is 7.31. The Morgan fingerprint density at radius 2 is 2.35 bits per heavy atom. The van der Waals surface area contributed by atoms with Crippen LogP contribution in [0, 0.1) is 5.82 Å². The summed E-state index contributed by atoms with van der Waals surface area (Å²) in [5.41, 5.74) is -1.14. The van der Waals surface area contributed by atoms with E-state index in [1.807, 2.05) is 4.72 Å². The van der Waals surface area contributed by atoms with E-state index < -0.39 is 67.8 Å². The van der Waals surface area contributed by atoms with Crippen LogP contribution in [0.3, 0.4) is 0 Å². The average molecular weight is 367 g/mol. The molecule has 1 aromatic rings. The van der Waals surface area contributed by atoms with E-state index in [1.54, 1.807) is 0 Å². The second-order valence-corrected chi connectivity index (χ2v) is 6.67. The van der Waals surface area contributed by atoms with Crippen LogP contribution in [0.15, 0.2) is 29.8 Å². The molecule has 0 bridgehead atoms. The van der Waals surface area contributed by atoms with Crippen LogP contribution in [0.25, 0.3) is 0 Å². The highest BCUT2D eigenvalue weighted by Gasteiger charge is 2.35. The van der Waals surface area contributed by atoms with Gasteiger partial charge < -0.3 is 4.74 Å². The molecule has 0 fully saturated rings. The lowest BCUT2D eigenvalue weighted by atomic mass is 9.99. The van der Waals surface area contributed by atoms with Gasteiger partial charge in [0.1, 0.15) is 11.1 Å². The number of nitrogens with one attached hydrogen (secondary N) is 1. The van der Waals surface area contributed by atoms with E-state index in [2.05, 4.69) is 0 Å². The summed E-state index contributed by atoms with van der Waals surface area (Å²) in [5, 5.41) is -2.74. The number of esters is 1. The number of ether oxygens (including phenoxy) is 1. The molecule has 0 radical (unpaired) electrons. The molecule has 0 aliphatic heterocycles. The lowest BCUT2D eigenvalue weighted by Gasteiger charge is -2.24. The Hall–Kier alpha value is -1.60. The molecule has 1 atom stereocenters. The third kappa shape index (κ3) is 4.23. The molecule has 0 aromatic heterocycles. The lowest BCUT2D eigenvalue weighted by molar-refractivity contribution is -0.138. The minimum atomic E-state index is -4.74. The molecule has 1 aromatic carbocycles. The highest BCUT2D eigenvalue weighted by Crippen LogP contribution is 2.30. The normalized spacial score (nSPS) is 23.5. The predicted octanol–water partition coefficient (Wildman–Crippen LogP) is 3.26. The number of anilines is 1. The minimum absolute atomic E-state index is 0.0512. The zero-order chi connectivity index (χ0) is 21.4. The first-order valence-electron chi connectivity index (χ1n) is 9.18. The number of allylic oxidation sites excluding steroid dienone is 1. The van der Waals surface area contributed by atoms with Crippen molar-refractivity contribution in [3.63, 3.8) is 0 Å². The Morgan fingerprint density at radius 3 is 3.04 bits per heavy atom. The Labute approximate surface area is 146 Å². The lowest BCUT2D eigenvalue weighted by Crippen LogP contribution is -2.34. The Balaban J connectivity index is 2.58. The molecule has 1 aliphatic carbocycles.